The van der Waals surface area contributed by atoms with Gasteiger partial charge in [0.2, 0.25) is 0 Å². The van der Waals surface area contributed by atoms with Gasteiger partial charge < -0.3 is 0 Å². The zero-order valence-corrected chi connectivity index (χ0v) is 16.7. The van der Waals surface area contributed by atoms with Crippen molar-refractivity contribution in [3.05, 3.63) is 12.2 Å². The normalized spacial score (nSPS) is 30.4. The van der Waals surface area contributed by atoms with E-state index in [4.69, 9.17) is 5.26 Å². The van der Waals surface area contributed by atoms with E-state index >= 15 is 0 Å². The fourth-order valence-corrected chi connectivity index (χ4v) is 5.24. The van der Waals surface area contributed by atoms with Gasteiger partial charge in [0.15, 0.2) is 0 Å². The molecule has 0 heterocycles. The molecule has 2 fully saturated rings. The Bertz CT molecular complexity index is 389. The van der Waals surface area contributed by atoms with Crippen LogP contribution in [0.5, 0.6) is 0 Å². The second-order valence-electron chi connectivity index (χ2n) is 8.96. The molecule has 1 nitrogen and oxygen atoms in total. The van der Waals surface area contributed by atoms with E-state index in [2.05, 4.69) is 13.0 Å². The van der Waals surface area contributed by atoms with E-state index < -0.39 is 0 Å². The summed E-state index contributed by atoms with van der Waals surface area (Å²) in [5, 5.41) is 8.53. The van der Waals surface area contributed by atoms with Gasteiger partial charge in [0.25, 0.3) is 0 Å². The van der Waals surface area contributed by atoms with Crippen molar-refractivity contribution in [1.29, 1.82) is 5.26 Å². The van der Waals surface area contributed by atoms with Crippen LogP contribution in [0.4, 0.5) is 0 Å². The Labute approximate surface area is 157 Å². The Morgan fingerprint density at radius 3 is 1.68 bits per heavy atom. The minimum atomic E-state index is 0.929. The first kappa shape index (κ1) is 20.5. The van der Waals surface area contributed by atoms with Crippen molar-refractivity contribution in [3.8, 4) is 6.07 Å². The van der Waals surface area contributed by atoms with Crippen molar-refractivity contribution in [2.45, 2.75) is 110 Å². The van der Waals surface area contributed by atoms with E-state index in [-0.39, 0.29) is 0 Å². The molecule has 0 aromatic carbocycles. The van der Waals surface area contributed by atoms with Crippen LogP contribution in [0.2, 0.25) is 0 Å². The van der Waals surface area contributed by atoms with Crippen LogP contribution in [0.25, 0.3) is 0 Å². The highest BCUT2D eigenvalue weighted by atomic mass is 14.3. The second kappa shape index (κ2) is 12.6. The average molecular weight is 344 g/mol. The van der Waals surface area contributed by atoms with Crippen LogP contribution in [-0.4, -0.2) is 0 Å². The smallest absolute Gasteiger partial charge is 0.0908 e. The van der Waals surface area contributed by atoms with Crippen molar-refractivity contribution >= 4 is 0 Å². The zero-order valence-electron chi connectivity index (χ0n) is 16.7. The molecule has 0 aromatic rings. The number of unbranched alkanes of at least 4 members (excludes halogenated alkanes) is 2. The molecule has 1 heteroatoms. The van der Waals surface area contributed by atoms with Crippen molar-refractivity contribution in [2.24, 2.45) is 23.7 Å². The third-order valence-corrected chi connectivity index (χ3v) is 7.07. The Morgan fingerprint density at radius 2 is 1.20 bits per heavy atom. The highest BCUT2D eigenvalue weighted by molar-refractivity contribution is 5.01. The van der Waals surface area contributed by atoms with Gasteiger partial charge in [-0.15, -0.1) is 0 Å². The molecule has 0 atom stereocenters. The number of hydrogen-bond donors (Lipinski definition) is 0. The van der Waals surface area contributed by atoms with E-state index in [1.54, 1.807) is 6.08 Å². The molecule has 0 unspecified atom stereocenters. The van der Waals surface area contributed by atoms with Gasteiger partial charge in [0, 0.05) is 6.08 Å². The van der Waals surface area contributed by atoms with E-state index in [9.17, 15) is 0 Å². The summed E-state index contributed by atoms with van der Waals surface area (Å²) in [5.41, 5.74) is 0. The number of rotatable bonds is 10. The summed E-state index contributed by atoms with van der Waals surface area (Å²) >= 11 is 0. The van der Waals surface area contributed by atoms with E-state index in [0.29, 0.717) is 0 Å². The van der Waals surface area contributed by atoms with Gasteiger partial charge in [-0.05, 0) is 36.5 Å². The molecule has 0 amide bonds. The quantitative estimate of drug-likeness (QED) is 0.293. The molecule has 0 aliphatic heterocycles. The summed E-state index contributed by atoms with van der Waals surface area (Å²) in [6.45, 7) is 2.32. The minimum absolute atomic E-state index is 0.929. The lowest BCUT2D eigenvalue weighted by atomic mass is 9.74. The molecular weight excluding hydrogens is 302 g/mol. The van der Waals surface area contributed by atoms with Crippen LogP contribution in [0.3, 0.4) is 0 Å². The predicted octanol–water partition coefficient (Wildman–Crippen LogP) is 7.82. The summed E-state index contributed by atoms with van der Waals surface area (Å²) in [7, 11) is 0. The lowest BCUT2D eigenvalue weighted by molar-refractivity contribution is 0.209. The summed E-state index contributed by atoms with van der Waals surface area (Å²) in [6, 6.07) is 2.09. The van der Waals surface area contributed by atoms with Gasteiger partial charge in [-0.1, -0.05) is 103 Å². The first-order valence-electron chi connectivity index (χ1n) is 11.4. The molecule has 0 spiro atoms. The zero-order chi connectivity index (χ0) is 17.7. The molecule has 0 bridgehead atoms. The lowest BCUT2D eigenvalue weighted by Crippen LogP contribution is -2.18. The van der Waals surface area contributed by atoms with Crippen LogP contribution < -0.4 is 0 Å². The van der Waals surface area contributed by atoms with Gasteiger partial charge in [0.05, 0.1) is 6.07 Å². The van der Waals surface area contributed by atoms with Crippen molar-refractivity contribution in [2.75, 3.05) is 0 Å². The van der Waals surface area contributed by atoms with Gasteiger partial charge in [-0.2, -0.15) is 5.26 Å². The van der Waals surface area contributed by atoms with Crippen molar-refractivity contribution in [3.63, 3.8) is 0 Å². The maximum Gasteiger partial charge on any atom is 0.0908 e. The fraction of sp³-hybridized carbons (Fsp3) is 0.875. The number of hydrogen-bond acceptors (Lipinski definition) is 1. The largest absolute Gasteiger partial charge is 0.193 e. The third-order valence-electron chi connectivity index (χ3n) is 7.07. The van der Waals surface area contributed by atoms with E-state index in [1.807, 2.05) is 6.08 Å². The molecule has 0 saturated heterocycles. The second-order valence-corrected chi connectivity index (χ2v) is 8.96. The molecule has 2 aliphatic carbocycles. The summed E-state index contributed by atoms with van der Waals surface area (Å²) in [6.07, 6.45) is 26.8. The van der Waals surface area contributed by atoms with E-state index in [1.165, 1.54) is 96.3 Å². The van der Waals surface area contributed by atoms with Crippen LogP contribution >= 0.6 is 0 Å². The first-order chi connectivity index (χ1) is 12.3. The monoisotopic (exact) mass is 343 g/mol. The van der Waals surface area contributed by atoms with Gasteiger partial charge in [0.1, 0.15) is 0 Å². The van der Waals surface area contributed by atoms with Crippen LogP contribution in [0, 0.1) is 35.0 Å². The number of allylic oxidation sites excluding steroid dienone is 2. The minimum Gasteiger partial charge on any atom is -0.193 e. The average Bonchev–Trinajstić information content (AvgIpc) is 2.66. The predicted molar refractivity (Wildman–Crippen MR) is 108 cm³/mol. The van der Waals surface area contributed by atoms with Gasteiger partial charge >= 0.3 is 0 Å². The molecular formula is C24H41N. The van der Waals surface area contributed by atoms with Gasteiger partial charge in [-0.25, -0.2) is 0 Å². The van der Waals surface area contributed by atoms with Crippen LogP contribution in [-0.2, 0) is 0 Å². The standard InChI is InChI=1S/C24H41N/c1-2-3-5-8-21-10-14-23(15-11-21)18-19-24-16-12-22(13-17-24)9-6-4-7-20-25/h4,7,21-24H,2-3,5-6,8-19H2,1H3/t21-,22?,23-,24?. The highest BCUT2D eigenvalue weighted by Gasteiger charge is 2.24. The maximum absolute atomic E-state index is 8.53. The summed E-state index contributed by atoms with van der Waals surface area (Å²) in [5.74, 6) is 4.07. The van der Waals surface area contributed by atoms with Gasteiger partial charge in [-0.3, -0.25) is 0 Å². The van der Waals surface area contributed by atoms with Crippen molar-refractivity contribution in [1.82, 2.24) is 0 Å². The summed E-state index contributed by atoms with van der Waals surface area (Å²) in [4.78, 5) is 0. The molecule has 0 aromatic heterocycles. The molecule has 0 N–H and O–H groups in total. The Kier molecular flexibility index (Phi) is 10.3. The Morgan fingerprint density at radius 1 is 0.720 bits per heavy atom. The topological polar surface area (TPSA) is 23.8 Å². The molecule has 142 valence electrons. The molecule has 2 aliphatic rings. The molecule has 0 radical (unpaired) electrons. The summed E-state index contributed by atoms with van der Waals surface area (Å²) < 4.78 is 0. The van der Waals surface area contributed by atoms with Crippen molar-refractivity contribution < 1.29 is 0 Å². The highest BCUT2D eigenvalue weighted by Crippen LogP contribution is 2.38. The lowest BCUT2D eigenvalue weighted by Gasteiger charge is -2.32. The number of nitrogens with zero attached hydrogens (tertiary/aromatic N) is 1. The molecule has 25 heavy (non-hydrogen) atoms. The maximum atomic E-state index is 8.53. The molecule has 2 rings (SSSR count). The third kappa shape index (κ3) is 8.44. The first-order valence-corrected chi connectivity index (χ1v) is 11.4. The van der Waals surface area contributed by atoms with Crippen LogP contribution in [0.1, 0.15) is 110 Å². The molecule has 2 saturated carbocycles. The Hall–Kier alpha value is -0.770. The van der Waals surface area contributed by atoms with E-state index in [0.717, 1.165) is 30.1 Å². The fourth-order valence-electron chi connectivity index (χ4n) is 5.24. The SMILES string of the molecule is CCCCC[C@H]1CC[C@H](CCC2CCC(CCC=CC#N)CC2)CC1. The van der Waals surface area contributed by atoms with Crippen LogP contribution in [0.15, 0.2) is 12.2 Å². The Balaban J connectivity index is 1.51. The number of nitriles is 1.